The minimum Gasteiger partial charge on any atom is -0.349 e. The fraction of sp³-hybridized carbons (Fsp3) is 0.190. The summed E-state index contributed by atoms with van der Waals surface area (Å²) >= 11 is 9.66. The maximum absolute atomic E-state index is 12.7. The van der Waals surface area contributed by atoms with Crippen LogP contribution in [-0.2, 0) is 0 Å². The Morgan fingerprint density at radius 3 is 2.48 bits per heavy atom. The lowest BCUT2D eigenvalue weighted by Crippen LogP contribution is -2.25. The van der Waals surface area contributed by atoms with Gasteiger partial charge in [-0.1, -0.05) is 27.5 Å². The molecular formula is C21H18BrClN4O2. The highest BCUT2D eigenvalue weighted by Crippen LogP contribution is 2.25. The van der Waals surface area contributed by atoms with Crippen LogP contribution in [0.2, 0.25) is 5.02 Å². The minimum absolute atomic E-state index is 0.193. The van der Waals surface area contributed by atoms with E-state index in [-0.39, 0.29) is 17.9 Å². The third-order valence-corrected chi connectivity index (χ3v) is 5.55. The highest BCUT2D eigenvalue weighted by atomic mass is 79.9. The Balaban J connectivity index is 1.50. The average Bonchev–Trinajstić information content (AvgIpc) is 3.41. The number of anilines is 1. The summed E-state index contributed by atoms with van der Waals surface area (Å²) in [6.45, 7) is 1.84. The number of carbonyl (C=O) groups excluding carboxylic acids is 2. The molecule has 2 aromatic carbocycles. The molecule has 6 nitrogen and oxygen atoms in total. The van der Waals surface area contributed by atoms with Crippen molar-refractivity contribution in [3.63, 3.8) is 0 Å². The van der Waals surface area contributed by atoms with E-state index in [9.17, 15) is 9.59 Å². The molecule has 0 bridgehead atoms. The molecule has 0 radical (unpaired) electrons. The van der Waals surface area contributed by atoms with Crippen LogP contribution in [0.4, 0.5) is 5.69 Å². The molecular weight excluding hydrogens is 456 g/mol. The normalized spacial score (nSPS) is 13.2. The van der Waals surface area contributed by atoms with Gasteiger partial charge >= 0.3 is 0 Å². The first kappa shape index (κ1) is 19.7. The third kappa shape index (κ3) is 4.36. The molecule has 29 heavy (non-hydrogen) atoms. The highest BCUT2D eigenvalue weighted by molar-refractivity contribution is 9.10. The van der Waals surface area contributed by atoms with E-state index in [4.69, 9.17) is 11.6 Å². The molecule has 4 rings (SSSR count). The second kappa shape index (κ2) is 8.00. The number of benzene rings is 2. The van der Waals surface area contributed by atoms with Crippen molar-refractivity contribution in [3.8, 4) is 5.69 Å². The summed E-state index contributed by atoms with van der Waals surface area (Å²) < 4.78 is 2.68. The average molecular weight is 474 g/mol. The van der Waals surface area contributed by atoms with Crippen LogP contribution in [0.15, 0.2) is 53.1 Å². The molecule has 1 saturated carbocycles. The lowest BCUT2D eigenvalue weighted by atomic mass is 10.1. The maximum atomic E-state index is 12.7. The minimum atomic E-state index is -0.294. The van der Waals surface area contributed by atoms with Gasteiger partial charge in [-0.25, -0.2) is 4.68 Å². The van der Waals surface area contributed by atoms with E-state index >= 15 is 0 Å². The fourth-order valence-corrected chi connectivity index (χ4v) is 3.47. The van der Waals surface area contributed by atoms with Gasteiger partial charge in [-0.15, -0.1) is 0 Å². The van der Waals surface area contributed by atoms with Gasteiger partial charge in [0.2, 0.25) is 0 Å². The van der Waals surface area contributed by atoms with Crippen molar-refractivity contribution in [2.75, 3.05) is 5.32 Å². The fourth-order valence-electron chi connectivity index (χ4n) is 2.94. The molecule has 0 atom stereocenters. The Hall–Kier alpha value is -2.64. The lowest BCUT2D eigenvalue weighted by molar-refractivity contribution is 0.0950. The van der Waals surface area contributed by atoms with Gasteiger partial charge in [0.1, 0.15) is 0 Å². The predicted molar refractivity (Wildman–Crippen MR) is 116 cm³/mol. The molecule has 1 aliphatic carbocycles. The van der Waals surface area contributed by atoms with Crippen LogP contribution in [0.3, 0.4) is 0 Å². The van der Waals surface area contributed by atoms with E-state index in [0.717, 1.165) is 28.7 Å². The molecule has 0 unspecified atom stereocenters. The van der Waals surface area contributed by atoms with Crippen molar-refractivity contribution in [2.45, 2.75) is 25.8 Å². The maximum Gasteiger partial charge on any atom is 0.259 e. The Morgan fingerprint density at radius 1 is 1.10 bits per heavy atom. The van der Waals surface area contributed by atoms with Gasteiger partial charge in [0, 0.05) is 16.2 Å². The number of nitrogens with zero attached hydrogens (tertiary/aromatic N) is 2. The van der Waals surface area contributed by atoms with Gasteiger partial charge in [-0.2, -0.15) is 5.10 Å². The molecule has 0 saturated heterocycles. The van der Waals surface area contributed by atoms with Crippen LogP contribution in [-0.4, -0.2) is 27.6 Å². The summed E-state index contributed by atoms with van der Waals surface area (Å²) in [6, 6.07) is 12.8. The molecule has 0 aliphatic heterocycles. The SMILES string of the molecule is Cc1c(C(=O)Nc2ccc(C(=O)NC3CC3)c(Cl)c2)cnn1-c1ccc(Br)cc1. The van der Waals surface area contributed by atoms with Crippen LogP contribution >= 0.6 is 27.5 Å². The summed E-state index contributed by atoms with van der Waals surface area (Å²) in [5.41, 5.74) is 2.95. The molecule has 3 aromatic rings. The van der Waals surface area contributed by atoms with Crippen LogP contribution in [0, 0.1) is 6.92 Å². The smallest absolute Gasteiger partial charge is 0.259 e. The van der Waals surface area contributed by atoms with E-state index in [0.29, 0.717) is 21.8 Å². The summed E-state index contributed by atoms with van der Waals surface area (Å²) in [5, 5.41) is 10.3. The number of aromatic nitrogens is 2. The van der Waals surface area contributed by atoms with Gasteiger partial charge in [0.25, 0.3) is 11.8 Å². The lowest BCUT2D eigenvalue weighted by Gasteiger charge is -2.09. The number of carbonyl (C=O) groups is 2. The molecule has 1 aromatic heterocycles. The molecule has 0 spiro atoms. The van der Waals surface area contributed by atoms with Crippen molar-refractivity contribution in [3.05, 3.63) is 75.0 Å². The zero-order valence-electron chi connectivity index (χ0n) is 15.6. The van der Waals surface area contributed by atoms with Crippen molar-refractivity contribution in [1.29, 1.82) is 0 Å². The zero-order chi connectivity index (χ0) is 20.5. The van der Waals surface area contributed by atoms with E-state index in [2.05, 4.69) is 31.7 Å². The molecule has 2 amide bonds. The van der Waals surface area contributed by atoms with Crippen molar-refractivity contribution in [2.24, 2.45) is 0 Å². The predicted octanol–water partition coefficient (Wildman–Crippen LogP) is 4.74. The standard InChI is InChI=1S/C21H18BrClN4O2/c1-12-18(11-24-27(12)16-7-2-13(22)3-8-16)21(29)26-15-6-9-17(19(23)10-15)20(28)25-14-4-5-14/h2-3,6-11,14H,4-5H2,1H3,(H,25,28)(H,26,29). The summed E-state index contributed by atoms with van der Waals surface area (Å²) in [7, 11) is 0. The van der Waals surface area contributed by atoms with E-state index in [1.54, 1.807) is 22.9 Å². The van der Waals surface area contributed by atoms with Crippen LogP contribution in [0.5, 0.6) is 0 Å². The topological polar surface area (TPSA) is 76.0 Å². The zero-order valence-corrected chi connectivity index (χ0v) is 17.9. The first-order valence-corrected chi connectivity index (χ1v) is 10.3. The Labute approximate surface area is 181 Å². The van der Waals surface area contributed by atoms with E-state index in [1.165, 1.54) is 6.20 Å². The van der Waals surface area contributed by atoms with Crippen molar-refractivity contribution >= 4 is 45.0 Å². The molecule has 1 heterocycles. The Morgan fingerprint density at radius 2 is 1.83 bits per heavy atom. The number of rotatable bonds is 5. The number of hydrogen-bond donors (Lipinski definition) is 2. The number of hydrogen-bond acceptors (Lipinski definition) is 3. The van der Waals surface area contributed by atoms with Crippen molar-refractivity contribution < 1.29 is 9.59 Å². The summed E-state index contributed by atoms with van der Waals surface area (Å²) in [4.78, 5) is 24.9. The first-order chi connectivity index (χ1) is 13.9. The quantitative estimate of drug-likeness (QED) is 0.562. The highest BCUT2D eigenvalue weighted by Gasteiger charge is 2.25. The van der Waals surface area contributed by atoms with Gasteiger partial charge in [-0.3, -0.25) is 9.59 Å². The number of halogens is 2. The van der Waals surface area contributed by atoms with Crippen molar-refractivity contribution in [1.82, 2.24) is 15.1 Å². The van der Waals surface area contributed by atoms with E-state index in [1.807, 2.05) is 31.2 Å². The number of amides is 2. The second-order valence-electron chi connectivity index (χ2n) is 6.93. The summed E-state index contributed by atoms with van der Waals surface area (Å²) in [6.07, 6.45) is 3.54. The largest absolute Gasteiger partial charge is 0.349 e. The van der Waals surface area contributed by atoms with Gasteiger partial charge in [-0.05, 0) is 62.2 Å². The monoisotopic (exact) mass is 472 g/mol. The second-order valence-corrected chi connectivity index (χ2v) is 8.25. The van der Waals surface area contributed by atoms with E-state index < -0.39 is 0 Å². The molecule has 8 heteroatoms. The van der Waals surface area contributed by atoms with Crippen LogP contribution < -0.4 is 10.6 Å². The van der Waals surface area contributed by atoms with Crippen LogP contribution in [0.25, 0.3) is 5.69 Å². The number of nitrogens with one attached hydrogen (secondary N) is 2. The molecule has 1 aliphatic rings. The Kier molecular flexibility index (Phi) is 5.43. The summed E-state index contributed by atoms with van der Waals surface area (Å²) in [5.74, 6) is -0.487. The molecule has 148 valence electrons. The first-order valence-electron chi connectivity index (χ1n) is 9.14. The van der Waals surface area contributed by atoms with Gasteiger partial charge < -0.3 is 10.6 Å². The van der Waals surface area contributed by atoms with Gasteiger partial charge in [0.05, 0.1) is 33.7 Å². The van der Waals surface area contributed by atoms with Crippen LogP contribution in [0.1, 0.15) is 39.3 Å². The third-order valence-electron chi connectivity index (χ3n) is 4.71. The Bertz CT molecular complexity index is 1090. The molecule has 1 fully saturated rings. The van der Waals surface area contributed by atoms with Gasteiger partial charge in [0.15, 0.2) is 0 Å². The molecule has 2 N–H and O–H groups in total.